The Hall–Kier alpha value is -1.17. The molecular formula is C9H11NO2. The van der Waals surface area contributed by atoms with Crippen LogP contribution in [0.3, 0.4) is 0 Å². The molecule has 3 nitrogen and oxygen atoms in total. The summed E-state index contributed by atoms with van der Waals surface area (Å²) in [7, 11) is 0. The average Bonchev–Trinajstić information content (AvgIpc) is 2.01. The van der Waals surface area contributed by atoms with Crippen molar-refractivity contribution < 1.29 is 9.59 Å². The molecule has 1 rings (SSSR count). The Morgan fingerprint density at radius 3 is 2.50 bits per heavy atom. The van der Waals surface area contributed by atoms with Gasteiger partial charge in [0.05, 0.1) is 5.92 Å². The van der Waals surface area contributed by atoms with Crippen molar-refractivity contribution in [2.24, 2.45) is 11.8 Å². The zero-order chi connectivity index (χ0) is 9.30. The van der Waals surface area contributed by atoms with Crippen LogP contribution in [0.15, 0.2) is 0 Å². The molecule has 1 aliphatic rings. The number of hydrogen-bond acceptors (Lipinski definition) is 2. The third-order valence-corrected chi connectivity index (χ3v) is 2.40. The monoisotopic (exact) mass is 165 g/mol. The zero-order valence-electron chi connectivity index (χ0n) is 7.20. The molecule has 1 saturated carbocycles. The number of carbonyl (C=O) groups is 2. The zero-order valence-corrected chi connectivity index (χ0v) is 7.20. The van der Waals surface area contributed by atoms with Crippen LogP contribution in [0, 0.1) is 18.4 Å². The molecule has 3 unspecified atom stereocenters. The molecule has 0 radical (unpaired) electrons. The van der Waals surface area contributed by atoms with Crippen LogP contribution in [0.1, 0.15) is 20.3 Å². The summed E-state index contributed by atoms with van der Waals surface area (Å²) in [4.78, 5) is 25.7. The average molecular weight is 165 g/mol. The van der Waals surface area contributed by atoms with Crippen LogP contribution in [-0.4, -0.2) is 17.6 Å². The van der Waals surface area contributed by atoms with Gasteiger partial charge in [-0.25, -0.2) is 6.57 Å². The van der Waals surface area contributed by atoms with Gasteiger partial charge in [0, 0.05) is 12.3 Å². The fourth-order valence-corrected chi connectivity index (χ4v) is 1.49. The highest BCUT2D eigenvalue weighted by atomic mass is 16.2. The fourth-order valence-electron chi connectivity index (χ4n) is 1.49. The van der Waals surface area contributed by atoms with Gasteiger partial charge in [-0.05, 0) is 6.92 Å². The molecule has 12 heavy (non-hydrogen) atoms. The molecule has 0 aromatic heterocycles. The maximum absolute atomic E-state index is 11.3. The summed E-state index contributed by atoms with van der Waals surface area (Å²) >= 11 is 0. The molecule has 0 heterocycles. The fraction of sp³-hybridized carbons (Fsp3) is 0.667. The molecule has 0 amide bonds. The molecule has 64 valence electrons. The minimum atomic E-state index is -0.585. The lowest BCUT2D eigenvalue weighted by molar-refractivity contribution is -0.136. The number of Topliss-reactive ketones (excluding diaryl/α,β-unsaturated/α-hetero) is 2. The third kappa shape index (κ3) is 1.25. The second-order valence-electron chi connectivity index (χ2n) is 3.35. The van der Waals surface area contributed by atoms with Gasteiger partial charge in [0.1, 0.15) is 5.78 Å². The molecule has 0 aromatic rings. The summed E-state index contributed by atoms with van der Waals surface area (Å²) in [5, 5.41) is 0. The lowest BCUT2D eigenvalue weighted by Gasteiger charge is -2.21. The van der Waals surface area contributed by atoms with Crippen LogP contribution in [0.4, 0.5) is 0 Å². The van der Waals surface area contributed by atoms with Gasteiger partial charge in [-0.15, -0.1) is 0 Å². The van der Waals surface area contributed by atoms with Crippen molar-refractivity contribution in [2.45, 2.75) is 26.3 Å². The number of carbonyl (C=O) groups excluding carboxylic acids is 2. The minimum Gasteiger partial charge on any atom is -0.305 e. The van der Waals surface area contributed by atoms with Gasteiger partial charge >= 0.3 is 0 Å². The van der Waals surface area contributed by atoms with E-state index >= 15 is 0 Å². The van der Waals surface area contributed by atoms with Gasteiger partial charge in [0.25, 0.3) is 6.04 Å². The summed E-state index contributed by atoms with van der Waals surface area (Å²) in [5.74, 6) is -0.875. The first-order chi connectivity index (χ1) is 5.57. The highest BCUT2D eigenvalue weighted by molar-refractivity contribution is 6.07. The van der Waals surface area contributed by atoms with E-state index in [9.17, 15) is 9.59 Å². The minimum absolute atomic E-state index is 0.0209. The molecule has 0 bridgehead atoms. The summed E-state index contributed by atoms with van der Waals surface area (Å²) in [5.41, 5.74) is 0. The number of nitrogens with zero attached hydrogens (tertiary/aromatic N) is 1. The summed E-state index contributed by atoms with van der Waals surface area (Å²) < 4.78 is 0. The van der Waals surface area contributed by atoms with E-state index in [1.807, 2.05) is 0 Å². The van der Waals surface area contributed by atoms with Crippen LogP contribution < -0.4 is 0 Å². The van der Waals surface area contributed by atoms with Gasteiger partial charge in [0.2, 0.25) is 5.78 Å². The molecule has 3 heteroatoms. The van der Waals surface area contributed by atoms with Crippen LogP contribution in [0.2, 0.25) is 0 Å². The van der Waals surface area contributed by atoms with Crippen molar-refractivity contribution in [1.29, 1.82) is 0 Å². The summed E-state index contributed by atoms with van der Waals surface area (Å²) in [6.45, 7) is 10.2. The standard InChI is InChI=1S/C9H11NO2/c1-5-4-7(11)6(2)9(12)8(5)10-3/h5-6,8H,4H2,1-2H3. The van der Waals surface area contributed by atoms with E-state index < -0.39 is 12.0 Å². The maximum atomic E-state index is 11.3. The van der Waals surface area contributed by atoms with Crippen LogP contribution in [0.5, 0.6) is 0 Å². The van der Waals surface area contributed by atoms with Crippen LogP contribution in [0.25, 0.3) is 4.85 Å². The second kappa shape index (κ2) is 3.06. The number of rotatable bonds is 0. The van der Waals surface area contributed by atoms with E-state index in [0.717, 1.165) is 0 Å². The van der Waals surface area contributed by atoms with Gasteiger partial charge < -0.3 is 4.85 Å². The van der Waals surface area contributed by atoms with E-state index in [1.165, 1.54) is 0 Å². The first-order valence-electron chi connectivity index (χ1n) is 4.01. The SMILES string of the molecule is [C-]#[N+]C1C(=O)C(C)C(=O)CC1C. The maximum Gasteiger partial charge on any atom is 0.284 e. The van der Waals surface area contributed by atoms with Crippen molar-refractivity contribution in [2.75, 3.05) is 0 Å². The van der Waals surface area contributed by atoms with E-state index in [0.29, 0.717) is 6.42 Å². The van der Waals surface area contributed by atoms with Crippen molar-refractivity contribution in [3.63, 3.8) is 0 Å². The smallest absolute Gasteiger partial charge is 0.284 e. The first kappa shape index (κ1) is 8.92. The van der Waals surface area contributed by atoms with Gasteiger partial charge in [-0.3, -0.25) is 9.59 Å². The van der Waals surface area contributed by atoms with E-state index in [1.54, 1.807) is 13.8 Å². The number of hydrogen-bond donors (Lipinski definition) is 0. The van der Waals surface area contributed by atoms with E-state index in [-0.39, 0.29) is 17.5 Å². The first-order valence-corrected chi connectivity index (χ1v) is 4.01. The Labute approximate surface area is 71.6 Å². The van der Waals surface area contributed by atoms with Crippen molar-refractivity contribution in [3.8, 4) is 0 Å². The second-order valence-corrected chi connectivity index (χ2v) is 3.35. The highest BCUT2D eigenvalue weighted by Gasteiger charge is 2.42. The Bertz CT molecular complexity index is 264. The third-order valence-electron chi connectivity index (χ3n) is 2.40. The summed E-state index contributed by atoms with van der Waals surface area (Å²) in [6, 6.07) is -0.585. The Kier molecular flexibility index (Phi) is 2.27. The summed E-state index contributed by atoms with van der Waals surface area (Å²) in [6.07, 6.45) is 0.375. The van der Waals surface area contributed by atoms with Gasteiger partial charge in [-0.2, -0.15) is 0 Å². The van der Waals surface area contributed by atoms with Crippen molar-refractivity contribution in [3.05, 3.63) is 11.4 Å². The van der Waals surface area contributed by atoms with Gasteiger partial charge in [0.15, 0.2) is 0 Å². The van der Waals surface area contributed by atoms with Crippen molar-refractivity contribution >= 4 is 11.6 Å². The largest absolute Gasteiger partial charge is 0.305 e. The van der Waals surface area contributed by atoms with Crippen LogP contribution in [-0.2, 0) is 9.59 Å². The van der Waals surface area contributed by atoms with E-state index in [2.05, 4.69) is 4.85 Å². The highest BCUT2D eigenvalue weighted by Crippen LogP contribution is 2.25. The predicted octanol–water partition coefficient (Wildman–Crippen LogP) is 1.09. The Morgan fingerprint density at radius 2 is 2.00 bits per heavy atom. The lowest BCUT2D eigenvalue weighted by Crippen LogP contribution is -2.40. The van der Waals surface area contributed by atoms with Crippen molar-refractivity contribution in [1.82, 2.24) is 0 Å². The molecule has 1 aliphatic carbocycles. The predicted molar refractivity (Wildman–Crippen MR) is 43.3 cm³/mol. The molecule has 1 fully saturated rings. The Balaban J connectivity index is 2.88. The molecule has 0 aromatic carbocycles. The molecule has 0 aliphatic heterocycles. The quantitative estimate of drug-likeness (QED) is 0.398. The molecule has 3 atom stereocenters. The van der Waals surface area contributed by atoms with E-state index in [4.69, 9.17) is 6.57 Å². The van der Waals surface area contributed by atoms with Crippen LogP contribution >= 0.6 is 0 Å². The Morgan fingerprint density at radius 1 is 1.42 bits per heavy atom. The normalized spacial score (nSPS) is 36.2. The lowest BCUT2D eigenvalue weighted by atomic mass is 9.78. The molecule has 0 N–H and O–H groups in total. The number of ketones is 2. The molecule has 0 saturated heterocycles. The molecule has 0 spiro atoms. The topological polar surface area (TPSA) is 38.5 Å². The molecular weight excluding hydrogens is 154 g/mol. The van der Waals surface area contributed by atoms with Gasteiger partial charge in [-0.1, -0.05) is 6.92 Å².